The Labute approximate surface area is 163 Å². The molecule has 2 heterocycles. The second-order valence-electron chi connectivity index (χ2n) is 6.96. The first-order chi connectivity index (χ1) is 12.8. The number of hydrogen-bond acceptors (Lipinski definition) is 4. The van der Waals surface area contributed by atoms with Gasteiger partial charge in [-0.05, 0) is 13.0 Å². The summed E-state index contributed by atoms with van der Waals surface area (Å²) >= 11 is 6.12. The molecule has 28 heavy (non-hydrogen) atoms. The van der Waals surface area contributed by atoms with Crippen molar-refractivity contribution in [2.24, 2.45) is 7.05 Å². The van der Waals surface area contributed by atoms with Gasteiger partial charge in [0, 0.05) is 49.6 Å². The average molecular weight is 437 g/mol. The maximum atomic E-state index is 13.2. The normalized spacial score (nSPS) is 17.8. The van der Waals surface area contributed by atoms with Crippen LogP contribution in [0.2, 0.25) is 5.02 Å². The van der Waals surface area contributed by atoms with E-state index in [4.69, 9.17) is 11.6 Å². The lowest BCUT2D eigenvalue weighted by atomic mass is 9.76. The molecule has 12 heteroatoms. The van der Waals surface area contributed by atoms with E-state index in [1.54, 1.807) is 0 Å². The van der Waals surface area contributed by atoms with Crippen LogP contribution in [-0.4, -0.2) is 35.3 Å². The Morgan fingerprint density at radius 2 is 2.00 bits per heavy atom. The van der Waals surface area contributed by atoms with Gasteiger partial charge in [0.05, 0.1) is 5.02 Å². The SMILES string of the molecule is Cn1cc(S(=O)(=O)NC2(C)CC(F)(F)C2)c(Cl)c1C(=O)Nc1ccnc(F)c1. The Balaban J connectivity index is 1.86. The number of rotatable bonds is 5. The van der Waals surface area contributed by atoms with Gasteiger partial charge in [-0.25, -0.2) is 26.9 Å². The monoisotopic (exact) mass is 436 g/mol. The lowest BCUT2D eigenvalue weighted by molar-refractivity contribution is -0.121. The van der Waals surface area contributed by atoms with Crippen LogP contribution in [0, 0.1) is 5.95 Å². The first-order valence-electron chi connectivity index (χ1n) is 8.01. The number of amides is 1. The number of sulfonamides is 1. The third kappa shape index (κ3) is 4.01. The summed E-state index contributed by atoms with van der Waals surface area (Å²) in [5.74, 6) is -4.52. The molecular weight excluding hydrogens is 421 g/mol. The first kappa shape index (κ1) is 20.6. The zero-order valence-corrected chi connectivity index (χ0v) is 16.3. The van der Waals surface area contributed by atoms with E-state index in [1.165, 1.54) is 24.6 Å². The van der Waals surface area contributed by atoms with Gasteiger partial charge in [-0.1, -0.05) is 11.6 Å². The summed E-state index contributed by atoms with van der Waals surface area (Å²) in [6.45, 7) is 1.37. The van der Waals surface area contributed by atoms with Gasteiger partial charge in [-0.3, -0.25) is 4.79 Å². The molecule has 7 nitrogen and oxygen atoms in total. The number of aromatic nitrogens is 2. The van der Waals surface area contributed by atoms with Crippen molar-refractivity contribution >= 4 is 33.2 Å². The summed E-state index contributed by atoms with van der Waals surface area (Å²) in [6.07, 6.45) is 0.981. The largest absolute Gasteiger partial charge is 0.344 e. The summed E-state index contributed by atoms with van der Waals surface area (Å²) in [5, 5.41) is 2.01. The van der Waals surface area contributed by atoms with E-state index < -0.39 is 51.1 Å². The molecule has 2 aromatic rings. The van der Waals surface area contributed by atoms with Gasteiger partial charge in [0.2, 0.25) is 16.0 Å². The van der Waals surface area contributed by atoms with Crippen LogP contribution in [0.4, 0.5) is 18.9 Å². The number of carbonyl (C=O) groups is 1. The molecule has 0 aliphatic heterocycles. The van der Waals surface area contributed by atoms with Crippen molar-refractivity contribution in [3.8, 4) is 0 Å². The molecular formula is C16H16ClF3N4O3S. The van der Waals surface area contributed by atoms with E-state index >= 15 is 0 Å². The molecule has 0 aromatic carbocycles. The number of pyridine rings is 1. The fourth-order valence-electron chi connectivity index (χ4n) is 3.23. The van der Waals surface area contributed by atoms with Gasteiger partial charge in [0.1, 0.15) is 10.6 Å². The molecule has 0 unspecified atom stereocenters. The van der Waals surface area contributed by atoms with E-state index in [-0.39, 0.29) is 16.4 Å². The second-order valence-corrected chi connectivity index (χ2v) is 8.99. The van der Waals surface area contributed by atoms with Crippen molar-refractivity contribution in [2.75, 3.05) is 5.32 Å². The topological polar surface area (TPSA) is 93.1 Å². The molecule has 2 N–H and O–H groups in total. The van der Waals surface area contributed by atoms with Crippen LogP contribution < -0.4 is 10.0 Å². The molecule has 1 fully saturated rings. The minimum Gasteiger partial charge on any atom is -0.344 e. The van der Waals surface area contributed by atoms with Gasteiger partial charge >= 0.3 is 0 Å². The average Bonchev–Trinajstić information content (AvgIpc) is 2.80. The molecule has 0 spiro atoms. The Morgan fingerprint density at radius 3 is 2.57 bits per heavy atom. The Bertz CT molecular complexity index is 1050. The van der Waals surface area contributed by atoms with Gasteiger partial charge in [0.15, 0.2) is 0 Å². The Morgan fingerprint density at radius 1 is 1.36 bits per heavy atom. The smallest absolute Gasteiger partial charge is 0.273 e. The Kier molecular flexibility index (Phi) is 4.97. The summed E-state index contributed by atoms with van der Waals surface area (Å²) in [5.41, 5.74) is -1.40. The maximum absolute atomic E-state index is 13.2. The molecule has 0 radical (unpaired) electrons. The predicted octanol–water partition coefficient (Wildman–Crippen LogP) is 2.93. The third-order valence-electron chi connectivity index (χ3n) is 4.26. The lowest BCUT2D eigenvalue weighted by Gasteiger charge is -2.44. The fourth-order valence-corrected chi connectivity index (χ4v) is 5.33. The van der Waals surface area contributed by atoms with Crippen molar-refractivity contribution in [3.63, 3.8) is 0 Å². The highest BCUT2D eigenvalue weighted by molar-refractivity contribution is 7.89. The van der Waals surface area contributed by atoms with Crippen LogP contribution >= 0.6 is 11.6 Å². The quantitative estimate of drug-likeness (QED) is 0.705. The van der Waals surface area contributed by atoms with Gasteiger partial charge in [-0.15, -0.1) is 0 Å². The number of anilines is 1. The van der Waals surface area contributed by atoms with E-state index in [9.17, 15) is 26.4 Å². The van der Waals surface area contributed by atoms with Crippen LogP contribution in [0.5, 0.6) is 0 Å². The minimum atomic E-state index is -4.26. The highest BCUT2D eigenvalue weighted by Gasteiger charge is 2.55. The number of halogens is 4. The highest BCUT2D eigenvalue weighted by Crippen LogP contribution is 2.46. The predicted molar refractivity (Wildman–Crippen MR) is 95.5 cm³/mol. The number of aryl methyl sites for hydroxylation is 1. The highest BCUT2D eigenvalue weighted by atomic mass is 35.5. The van der Waals surface area contributed by atoms with Crippen LogP contribution in [0.3, 0.4) is 0 Å². The lowest BCUT2D eigenvalue weighted by Crippen LogP contribution is -2.60. The molecule has 0 saturated heterocycles. The van der Waals surface area contributed by atoms with Crippen LogP contribution in [0.15, 0.2) is 29.4 Å². The van der Waals surface area contributed by atoms with Gasteiger partial charge < -0.3 is 9.88 Å². The van der Waals surface area contributed by atoms with E-state index in [0.29, 0.717) is 0 Å². The number of nitrogens with one attached hydrogen (secondary N) is 2. The standard InChI is InChI=1S/C16H16ClF3N4O3S/c1-15(7-16(19,20)8-15)23-28(26,27)10-6-24(2)13(12(10)17)14(25)22-9-3-4-21-11(18)5-9/h3-6,23H,7-8H2,1-2H3,(H,21,22,25). The number of nitrogens with zero attached hydrogens (tertiary/aromatic N) is 2. The summed E-state index contributed by atoms with van der Waals surface area (Å²) < 4.78 is 68.1. The van der Waals surface area contributed by atoms with Crippen LogP contribution in [0.25, 0.3) is 0 Å². The third-order valence-corrected chi connectivity index (χ3v) is 6.40. The van der Waals surface area contributed by atoms with Crippen molar-refractivity contribution in [2.45, 2.75) is 36.1 Å². The molecule has 0 atom stereocenters. The van der Waals surface area contributed by atoms with Crippen molar-refractivity contribution in [1.29, 1.82) is 0 Å². The zero-order valence-electron chi connectivity index (χ0n) is 14.8. The van der Waals surface area contributed by atoms with Crippen molar-refractivity contribution in [3.05, 3.63) is 41.2 Å². The molecule has 1 aliphatic carbocycles. The zero-order chi connectivity index (χ0) is 20.9. The number of alkyl halides is 2. The first-order valence-corrected chi connectivity index (χ1v) is 9.88. The second kappa shape index (κ2) is 6.75. The molecule has 1 amide bonds. The maximum Gasteiger partial charge on any atom is 0.273 e. The number of carbonyl (C=O) groups excluding carboxylic acids is 1. The molecule has 3 rings (SSSR count). The van der Waals surface area contributed by atoms with Crippen molar-refractivity contribution < 1.29 is 26.4 Å². The van der Waals surface area contributed by atoms with Crippen molar-refractivity contribution in [1.82, 2.24) is 14.3 Å². The summed E-state index contributed by atoms with van der Waals surface area (Å²) in [7, 11) is -2.87. The minimum absolute atomic E-state index is 0.0986. The molecule has 0 bridgehead atoms. The number of hydrogen-bond donors (Lipinski definition) is 2. The fraction of sp³-hybridized carbons (Fsp3) is 0.375. The summed E-state index contributed by atoms with van der Waals surface area (Å²) in [6, 6.07) is 2.32. The van der Waals surface area contributed by atoms with E-state index in [0.717, 1.165) is 18.5 Å². The molecule has 1 saturated carbocycles. The Hall–Kier alpha value is -2.11. The van der Waals surface area contributed by atoms with Gasteiger partial charge in [0.25, 0.3) is 11.8 Å². The molecule has 2 aromatic heterocycles. The van der Waals surface area contributed by atoms with E-state index in [2.05, 4.69) is 15.0 Å². The van der Waals surface area contributed by atoms with E-state index in [1.807, 2.05) is 0 Å². The van der Waals surface area contributed by atoms with Crippen LogP contribution in [0.1, 0.15) is 30.3 Å². The molecule has 1 aliphatic rings. The van der Waals surface area contributed by atoms with Crippen LogP contribution in [-0.2, 0) is 17.1 Å². The van der Waals surface area contributed by atoms with Gasteiger partial charge in [-0.2, -0.15) is 4.39 Å². The molecule has 152 valence electrons. The summed E-state index contributed by atoms with van der Waals surface area (Å²) in [4.78, 5) is 15.4.